The Morgan fingerprint density at radius 1 is 1.53 bits per heavy atom. The van der Waals surface area contributed by atoms with Gasteiger partial charge < -0.3 is 5.73 Å². The van der Waals surface area contributed by atoms with E-state index in [-0.39, 0.29) is 12.4 Å². The quantitative estimate of drug-likeness (QED) is 0.894. The number of nitrogens with zero attached hydrogens (tertiary/aromatic N) is 3. The molecule has 1 saturated heterocycles. The Morgan fingerprint density at radius 2 is 2.29 bits per heavy atom. The van der Waals surface area contributed by atoms with Crippen LogP contribution in [0.5, 0.6) is 0 Å². The van der Waals surface area contributed by atoms with Crippen molar-refractivity contribution < 1.29 is 0 Å². The fourth-order valence-corrected chi connectivity index (χ4v) is 2.25. The topological polar surface area (TPSA) is 47.1 Å². The standard InChI is InChI=1S/C12H22N4.ClH/c1-10(2)16-9-12(6-14-16)8-15-4-3-11(5-13)7-15;/h6,9-11H,3-5,7-8,13H2,1-2H3;1H. The van der Waals surface area contributed by atoms with Gasteiger partial charge in [-0.2, -0.15) is 5.10 Å². The average Bonchev–Trinajstić information content (AvgIpc) is 2.87. The Morgan fingerprint density at radius 3 is 2.82 bits per heavy atom. The van der Waals surface area contributed by atoms with Gasteiger partial charge in [-0.15, -0.1) is 12.4 Å². The summed E-state index contributed by atoms with van der Waals surface area (Å²) in [5.41, 5.74) is 7.00. The maximum atomic E-state index is 5.69. The maximum absolute atomic E-state index is 5.69. The van der Waals surface area contributed by atoms with Gasteiger partial charge in [-0.1, -0.05) is 0 Å². The van der Waals surface area contributed by atoms with Gasteiger partial charge in [0.2, 0.25) is 0 Å². The summed E-state index contributed by atoms with van der Waals surface area (Å²) in [4.78, 5) is 2.47. The van der Waals surface area contributed by atoms with Crippen LogP contribution in [-0.2, 0) is 6.54 Å². The van der Waals surface area contributed by atoms with Crippen LogP contribution in [0.15, 0.2) is 12.4 Å². The molecule has 0 amide bonds. The normalized spacial score (nSPS) is 20.8. The first-order chi connectivity index (χ1) is 7.69. The van der Waals surface area contributed by atoms with Crippen molar-refractivity contribution in [1.82, 2.24) is 14.7 Å². The molecular weight excluding hydrogens is 236 g/mol. The minimum atomic E-state index is 0. The third kappa shape index (κ3) is 3.69. The van der Waals surface area contributed by atoms with Crippen molar-refractivity contribution in [2.24, 2.45) is 11.7 Å². The molecule has 0 spiro atoms. The summed E-state index contributed by atoms with van der Waals surface area (Å²) in [6.45, 7) is 8.46. The number of likely N-dealkylation sites (tertiary alicyclic amines) is 1. The number of nitrogens with two attached hydrogens (primary N) is 1. The molecule has 1 aliphatic heterocycles. The zero-order valence-electron chi connectivity index (χ0n) is 10.7. The van der Waals surface area contributed by atoms with Crippen LogP contribution in [0.4, 0.5) is 0 Å². The number of hydrogen-bond donors (Lipinski definition) is 1. The van der Waals surface area contributed by atoms with E-state index in [1.165, 1.54) is 18.5 Å². The van der Waals surface area contributed by atoms with E-state index < -0.39 is 0 Å². The molecule has 0 bridgehead atoms. The Bertz CT molecular complexity index is 337. The molecule has 0 aromatic carbocycles. The van der Waals surface area contributed by atoms with Crippen molar-refractivity contribution in [3.63, 3.8) is 0 Å². The van der Waals surface area contributed by atoms with Crippen LogP contribution >= 0.6 is 12.4 Å². The highest BCUT2D eigenvalue weighted by Crippen LogP contribution is 2.17. The zero-order valence-corrected chi connectivity index (χ0v) is 11.5. The van der Waals surface area contributed by atoms with E-state index in [2.05, 4.69) is 30.0 Å². The second kappa shape index (κ2) is 6.38. The predicted molar refractivity (Wildman–Crippen MR) is 72.3 cm³/mol. The van der Waals surface area contributed by atoms with Crippen molar-refractivity contribution in [1.29, 1.82) is 0 Å². The molecule has 0 radical (unpaired) electrons. The molecular formula is C12H23ClN4. The van der Waals surface area contributed by atoms with Crippen molar-refractivity contribution in [3.05, 3.63) is 18.0 Å². The number of hydrogen-bond acceptors (Lipinski definition) is 3. The molecule has 2 rings (SSSR count). The van der Waals surface area contributed by atoms with Gasteiger partial charge in [-0.25, -0.2) is 0 Å². The maximum Gasteiger partial charge on any atom is 0.0534 e. The largest absolute Gasteiger partial charge is 0.330 e. The van der Waals surface area contributed by atoms with Gasteiger partial charge in [0, 0.05) is 30.9 Å². The molecule has 2 heterocycles. The number of aromatic nitrogens is 2. The molecule has 4 nitrogen and oxygen atoms in total. The third-order valence-electron chi connectivity index (χ3n) is 3.29. The Labute approximate surface area is 110 Å². The van der Waals surface area contributed by atoms with Crippen LogP contribution in [0.25, 0.3) is 0 Å². The fourth-order valence-electron chi connectivity index (χ4n) is 2.25. The molecule has 2 N–H and O–H groups in total. The van der Waals surface area contributed by atoms with Crippen molar-refractivity contribution in [3.8, 4) is 0 Å². The first-order valence-corrected chi connectivity index (χ1v) is 6.14. The lowest BCUT2D eigenvalue weighted by Crippen LogP contribution is -2.22. The van der Waals surface area contributed by atoms with Gasteiger partial charge in [-0.3, -0.25) is 9.58 Å². The van der Waals surface area contributed by atoms with Gasteiger partial charge in [0.25, 0.3) is 0 Å². The van der Waals surface area contributed by atoms with E-state index in [1.54, 1.807) is 0 Å². The molecule has 5 heteroatoms. The Hall–Kier alpha value is -0.580. The van der Waals surface area contributed by atoms with E-state index in [9.17, 15) is 0 Å². The molecule has 1 aromatic heterocycles. The van der Waals surface area contributed by atoms with Crippen LogP contribution in [0.1, 0.15) is 31.9 Å². The second-order valence-electron chi connectivity index (χ2n) is 5.05. The van der Waals surface area contributed by atoms with Crippen LogP contribution < -0.4 is 5.73 Å². The van der Waals surface area contributed by atoms with Crippen LogP contribution in [0.3, 0.4) is 0 Å². The summed E-state index contributed by atoms with van der Waals surface area (Å²) in [5.74, 6) is 0.695. The van der Waals surface area contributed by atoms with Crippen molar-refractivity contribution in [2.45, 2.75) is 32.9 Å². The fraction of sp³-hybridized carbons (Fsp3) is 0.750. The molecule has 1 unspecified atom stereocenters. The van der Waals surface area contributed by atoms with E-state index in [0.29, 0.717) is 12.0 Å². The van der Waals surface area contributed by atoms with Crippen LogP contribution in [0, 0.1) is 5.92 Å². The lowest BCUT2D eigenvalue weighted by Gasteiger charge is -2.14. The zero-order chi connectivity index (χ0) is 11.5. The van der Waals surface area contributed by atoms with E-state index >= 15 is 0 Å². The van der Waals surface area contributed by atoms with E-state index in [4.69, 9.17) is 5.73 Å². The van der Waals surface area contributed by atoms with Gasteiger partial charge >= 0.3 is 0 Å². The molecule has 0 aliphatic carbocycles. The molecule has 98 valence electrons. The summed E-state index contributed by atoms with van der Waals surface area (Å²) < 4.78 is 2.02. The molecule has 1 aromatic rings. The number of rotatable bonds is 4. The Balaban J connectivity index is 0.00000144. The van der Waals surface area contributed by atoms with Crippen molar-refractivity contribution >= 4 is 12.4 Å². The SMILES string of the molecule is CC(C)n1cc(CN2CCC(CN)C2)cn1.Cl. The highest BCUT2D eigenvalue weighted by atomic mass is 35.5. The van der Waals surface area contributed by atoms with Gasteiger partial charge in [0.15, 0.2) is 0 Å². The van der Waals surface area contributed by atoms with Gasteiger partial charge in [0.05, 0.1) is 6.20 Å². The summed E-state index contributed by atoms with van der Waals surface area (Å²) >= 11 is 0. The molecule has 17 heavy (non-hydrogen) atoms. The second-order valence-corrected chi connectivity index (χ2v) is 5.05. The lowest BCUT2D eigenvalue weighted by atomic mass is 10.1. The predicted octanol–water partition coefficient (Wildman–Crippen LogP) is 1.67. The minimum absolute atomic E-state index is 0. The third-order valence-corrected chi connectivity index (χ3v) is 3.29. The summed E-state index contributed by atoms with van der Waals surface area (Å²) in [7, 11) is 0. The molecule has 0 saturated carbocycles. The van der Waals surface area contributed by atoms with Crippen LogP contribution in [-0.4, -0.2) is 34.3 Å². The molecule has 1 aliphatic rings. The summed E-state index contributed by atoms with van der Waals surface area (Å²) in [6, 6.07) is 0.448. The Kier molecular flexibility index (Phi) is 5.43. The van der Waals surface area contributed by atoms with Gasteiger partial charge in [0.1, 0.15) is 0 Å². The smallest absolute Gasteiger partial charge is 0.0534 e. The summed E-state index contributed by atoms with van der Waals surface area (Å²) in [6.07, 6.45) is 5.38. The van der Waals surface area contributed by atoms with Gasteiger partial charge in [-0.05, 0) is 39.3 Å². The lowest BCUT2D eigenvalue weighted by molar-refractivity contribution is 0.317. The summed E-state index contributed by atoms with van der Waals surface area (Å²) in [5, 5.41) is 4.36. The minimum Gasteiger partial charge on any atom is -0.330 e. The van der Waals surface area contributed by atoms with Crippen LogP contribution in [0.2, 0.25) is 0 Å². The highest BCUT2D eigenvalue weighted by Gasteiger charge is 2.21. The first-order valence-electron chi connectivity index (χ1n) is 6.14. The van der Waals surface area contributed by atoms with E-state index in [0.717, 1.165) is 19.6 Å². The molecule has 1 fully saturated rings. The van der Waals surface area contributed by atoms with Crippen molar-refractivity contribution in [2.75, 3.05) is 19.6 Å². The number of halogens is 1. The monoisotopic (exact) mass is 258 g/mol. The average molecular weight is 259 g/mol. The molecule has 1 atom stereocenters. The highest BCUT2D eigenvalue weighted by molar-refractivity contribution is 5.85. The first kappa shape index (κ1) is 14.5. The van der Waals surface area contributed by atoms with E-state index in [1.807, 2.05) is 10.9 Å².